The minimum absolute atomic E-state index is 0.0268. The summed E-state index contributed by atoms with van der Waals surface area (Å²) < 4.78 is 0. The summed E-state index contributed by atoms with van der Waals surface area (Å²) in [6, 6.07) is 17.5. The first-order chi connectivity index (χ1) is 11.2. The van der Waals surface area contributed by atoms with Gasteiger partial charge in [0.2, 0.25) is 0 Å². The van der Waals surface area contributed by atoms with Gasteiger partial charge in [0.1, 0.15) is 0 Å². The van der Waals surface area contributed by atoms with Crippen molar-refractivity contribution in [2.75, 3.05) is 0 Å². The maximum absolute atomic E-state index is 12.6. The lowest BCUT2D eigenvalue weighted by Crippen LogP contribution is -2.34. The fraction of sp³-hybridized carbons (Fsp3) is 0.350. The zero-order chi connectivity index (χ0) is 16.1. The van der Waals surface area contributed by atoms with E-state index < -0.39 is 0 Å². The maximum Gasteiger partial charge on any atom is 0.251 e. The minimum atomic E-state index is -0.0268. The molecule has 2 aromatic rings. The van der Waals surface area contributed by atoms with Crippen LogP contribution >= 0.6 is 11.6 Å². The summed E-state index contributed by atoms with van der Waals surface area (Å²) in [5, 5.41) is 3.90. The van der Waals surface area contributed by atoms with Crippen LogP contribution in [0.5, 0.6) is 0 Å². The molecule has 0 bridgehead atoms. The molecule has 1 aliphatic carbocycles. The molecule has 1 saturated carbocycles. The van der Waals surface area contributed by atoms with Crippen molar-refractivity contribution in [2.24, 2.45) is 5.92 Å². The topological polar surface area (TPSA) is 29.1 Å². The molecule has 0 radical (unpaired) electrons. The van der Waals surface area contributed by atoms with Gasteiger partial charge in [-0.3, -0.25) is 4.79 Å². The summed E-state index contributed by atoms with van der Waals surface area (Å²) in [7, 11) is 0. The van der Waals surface area contributed by atoms with Crippen LogP contribution in [0, 0.1) is 5.92 Å². The molecule has 0 spiro atoms. The van der Waals surface area contributed by atoms with Crippen LogP contribution in [0.3, 0.4) is 0 Å². The van der Waals surface area contributed by atoms with Crippen molar-refractivity contribution in [3.8, 4) is 0 Å². The average Bonchev–Trinajstić information content (AvgIpc) is 2.61. The van der Waals surface area contributed by atoms with E-state index in [1.165, 1.54) is 37.7 Å². The molecular formula is C20H22ClNO. The van der Waals surface area contributed by atoms with Crippen molar-refractivity contribution in [3.63, 3.8) is 0 Å². The number of carbonyl (C=O) groups excluding carboxylic acids is 1. The molecule has 2 aromatic carbocycles. The summed E-state index contributed by atoms with van der Waals surface area (Å²) in [6.07, 6.45) is 6.18. The van der Waals surface area contributed by atoms with Crippen LogP contribution in [0.1, 0.15) is 54.1 Å². The van der Waals surface area contributed by atoms with E-state index in [0.717, 1.165) is 0 Å². The second kappa shape index (κ2) is 7.65. The lowest BCUT2D eigenvalue weighted by molar-refractivity contribution is 0.0912. The van der Waals surface area contributed by atoms with E-state index in [1.807, 2.05) is 18.2 Å². The predicted octanol–water partition coefficient (Wildman–Crippen LogP) is 5.39. The Labute approximate surface area is 142 Å². The van der Waals surface area contributed by atoms with Crippen LogP contribution in [-0.2, 0) is 0 Å². The van der Waals surface area contributed by atoms with Gasteiger partial charge in [-0.05, 0) is 48.6 Å². The summed E-state index contributed by atoms with van der Waals surface area (Å²) in [4.78, 5) is 12.6. The van der Waals surface area contributed by atoms with Gasteiger partial charge in [-0.1, -0.05) is 61.2 Å². The molecule has 0 saturated heterocycles. The summed E-state index contributed by atoms with van der Waals surface area (Å²) in [5.74, 6) is 0.489. The second-order valence-electron chi connectivity index (χ2n) is 6.27. The van der Waals surface area contributed by atoms with Crippen molar-refractivity contribution in [1.82, 2.24) is 5.32 Å². The number of amides is 1. The normalized spacial score (nSPS) is 16.7. The van der Waals surface area contributed by atoms with E-state index in [0.29, 0.717) is 16.5 Å². The molecule has 1 fully saturated rings. The first-order valence-corrected chi connectivity index (χ1v) is 8.73. The highest BCUT2D eigenvalue weighted by atomic mass is 35.5. The third kappa shape index (κ3) is 4.14. The number of hydrogen-bond acceptors (Lipinski definition) is 1. The lowest BCUT2D eigenvalue weighted by atomic mass is 9.81. The van der Waals surface area contributed by atoms with Gasteiger partial charge in [0.05, 0.1) is 6.04 Å². The number of halogens is 1. The van der Waals surface area contributed by atoms with E-state index in [1.54, 1.807) is 24.3 Å². The Balaban J connectivity index is 1.80. The number of rotatable bonds is 4. The Hall–Kier alpha value is -1.80. The molecule has 120 valence electrons. The molecule has 3 heteroatoms. The monoisotopic (exact) mass is 327 g/mol. The van der Waals surface area contributed by atoms with Crippen LogP contribution in [-0.4, -0.2) is 5.91 Å². The molecule has 1 N–H and O–H groups in total. The van der Waals surface area contributed by atoms with E-state index >= 15 is 0 Å². The van der Waals surface area contributed by atoms with Crippen LogP contribution in [0.15, 0.2) is 54.6 Å². The minimum Gasteiger partial charge on any atom is -0.345 e. The number of carbonyl (C=O) groups is 1. The molecule has 1 aliphatic rings. The third-order valence-corrected chi connectivity index (χ3v) is 4.92. The molecule has 0 aromatic heterocycles. The molecule has 1 atom stereocenters. The smallest absolute Gasteiger partial charge is 0.251 e. The van der Waals surface area contributed by atoms with E-state index in [9.17, 15) is 4.79 Å². The van der Waals surface area contributed by atoms with Crippen LogP contribution < -0.4 is 5.32 Å². The zero-order valence-electron chi connectivity index (χ0n) is 13.2. The average molecular weight is 328 g/mol. The van der Waals surface area contributed by atoms with Crippen LogP contribution in [0.25, 0.3) is 0 Å². The molecule has 2 nitrogen and oxygen atoms in total. The van der Waals surface area contributed by atoms with Crippen molar-refractivity contribution in [3.05, 3.63) is 70.7 Å². The maximum atomic E-state index is 12.6. The highest BCUT2D eigenvalue weighted by Crippen LogP contribution is 2.34. The quantitative estimate of drug-likeness (QED) is 0.801. The van der Waals surface area contributed by atoms with Gasteiger partial charge in [0.15, 0.2) is 0 Å². The van der Waals surface area contributed by atoms with E-state index in [2.05, 4.69) is 17.4 Å². The number of nitrogens with one attached hydrogen (secondary N) is 1. The van der Waals surface area contributed by atoms with E-state index in [-0.39, 0.29) is 11.9 Å². The summed E-state index contributed by atoms with van der Waals surface area (Å²) in [5.41, 5.74) is 1.85. The van der Waals surface area contributed by atoms with Crippen molar-refractivity contribution >= 4 is 17.5 Å². The molecular weight excluding hydrogens is 306 g/mol. The Bertz CT molecular complexity index is 632. The molecule has 0 unspecified atom stereocenters. The Kier molecular flexibility index (Phi) is 5.35. The molecule has 0 aliphatic heterocycles. The van der Waals surface area contributed by atoms with Crippen molar-refractivity contribution < 1.29 is 4.79 Å². The van der Waals surface area contributed by atoms with Crippen LogP contribution in [0.4, 0.5) is 0 Å². The van der Waals surface area contributed by atoms with Crippen molar-refractivity contribution in [1.29, 1.82) is 0 Å². The summed E-state index contributed by atoms with van der Waals surface area (Å²) in [6.45, 7) is 0. The Morgan fingerprint density at radius 1 is 0.957 bits per heavy atom. The van der Waals surface area contributed by atoms with Gasteiger partial charge in [-0.2, -0.15) is 0 Å². The molecule has 1 amide bonds. The first kappa shape index (κ1) is 16.1. The predicted molar refractivity (Wildman–Crippen MR) is 94.7 cm³/mol. The Morgan fingerprint density at radius 2 is 1.61 bits per heavy atom. The largest absolute Gasteiger partial charge is 0.345 e. The second-order valence-corrected chi connectivity index (χ2v) is 6.70. The Morgan fingerprint density at radius 3 is 2.26 bits per heavy atom. The van der Waals surface area contributed by atoms with Gasteiger partial charge >= 0.3 is 0 Å². The van der Waals surface area contributed by atoms with Crippen LogP contribution in [0.2, 0.25) is 5.02 Å². The molecule has 23 heavy (non-hydrogen) atoms. The van der Waals surface area contributed by atoms with Gasteiger partial charge in [0.25, 0.3) is 5.91 Å². The number of hydrogen-bond donors (Lipinski definition) is 1. The highest BCUT2D eigenvalue weighted by Gasteiger charge is 2.26. The standard InChI is InChI=1S/C20H22ClNO/c21-18-13-11-17(12-14-18)20(23)22-19(15-7-3-1-4-8-15)16-9-5-2-6-10-16/h1,3-4,7-8,11-14,16,19H,2,5-6,9-10H2,(H,22,23)/t19-/m1/s1. The zero-order valence-corrected chi connectivity index (χ0v) is 13.9. The highest BCUT2D eigenvalue weighted by molar-refractivity contribution is 6.30. The fourth-order valence-electron chi connectivity index (χ4n) is 3.43. The SMILES string of the molecule is O=C(N[C@H](c1ccccc1)C1CCCCC1)c1ccc(Cl)cc1. The lowest BCUT2D eigenvalue weighted by Gasteiger charge is -2.31. The molecule has 0 heterocycles. The van der Waals surface area contributed by atoms with Gasteiger partial charge < -0.3 is 5.32 Å². The van der Waals surface area contributed by atoms with Gasteiger partial charge in [-0.15, -0.1) is 0 Å². The van der Waals surface area contributed by atoms with Crippen molar-refractivity contribution in [2.45, 2.75) is 38.1 Å². The third-order valence-electron chi connectivity index (χ3n) is 4.67. The molecule has 3 rings (SSSR count). The first-order valence-electron chi connectivity index (χ1n) is 8.35. The van der Waals surface area contributed by atoms with Gasteiger partial charge in [-0.25, -0.2) is 0 Å². The number of benzene rings is 2. The summed E-state index contributed by atoms with van der Waals surface area (Å²) >= 11 is 5.91. The fourth-order valence-corrected chi connectivity index (χ4v) is 3.55. The van der Waals surface area contributed by atoms with E-state index in [4.69, 9.17) is 11.6 Å². The van der Waals surface area contributed by atoms with Gasteiger partial charge in [0, 0.05) is 10.6 Å².